The lowest BCUT2D eigenvalue weighted by Gasteiger charge is -2.25. The van der Waals surface area contributed by atoms with Crippen LogP contribution in [0.25, 0.3) is 0 Å². The van der Waals surface area contributed by atoms with Crippen LogP contribution in [0, 0.1) is 0 Å². The van der Waals surface area contributed by atoms with Crippen molar-refractivity contribution < 1.29 is 52.7 Å². The normalized spacial score (nSPS) is 13.5. The van der Waals surface area contributed by atoms with Crippen LogP contribution in [0.5, 0.6) is 0 Å². The number of hydrogen-bond donors (Lipinski definition) is 0. The summed E-state index contributed by atoms with van der Waals surface area (Å²) in [6.07, 6.45) is -26.7. The minimum absolute atomic E-state index is 0.534. The molecule has 0 aromatic carbocycles. The summed E-state index contributed by atoms with van der Waals surface area (Å²) in [5.74, 6) is 0. The Labute approximate surface area is 107 Å². The molecular weight excluding hydrogens is 340 g/mol. The summed E-state index contributed by atoms with van der Waals surface area (Å²) < 4.78 is 142. The molecule has 0 saturated heterocycles. The summed E-state index contributed by atoms with van der Waals surface area (Å²) in [4.78, 5) is -4.75. The van der Waals surface area contributed by atoms with Crippen LogP contribution < -0.4 is 0 Å². The third-order valence-electron chi connectivity index (χ3n) is 1.50. The Bertz CT molecular complexity index is 339. The first-order valence-corrected chi connectivity index (χ1v) is 4.26. The van der Waals surface area contributed by atoms with Gasteiger partial charge in [-0.05, 0) is 0 Å². The molecule has 0 aliphatic heterocycles. The average Bonchev–Trinajstić information content (AvgIpc) is 2.07. The molecule has 0 N–H and O–H groups in total. The van der Waals surface area contributed by atoms with Crippen LogP contribution in [-0.4, -0.2) is 35.0 Å². The van der Waals surface area contributed by atoms with Gasteiger partial charge in [-0.3, -0.25) is 0 Å². The van der Waals surface area contributed by atoms with Crippen molar-refractivity contribution in [1.82, 2.24) is 9.80 Å². The molecule has 0 unspecified atom stereocenters. The van der Waals surface area contributed by atoms with Gasteiger partial charge < -0.3 is 0 Å². The van der Waals surface area contributed by atoms with E-state index in [0.29, 0.717) is 5.73 Å². The highest BCUT2D eigenvalue weighted by Gasteiger charge is 2.53. The number of nitrogens with zero attached hydrogens (tertiary/aromatic N) is 2. The minimum Gasteiger partial charge on any atom is -0.193 e. The first kappa shape index (κ1) is 19.3. The molecule has 0 heterocycles. The van der Waals surface area contributed by atoms with Crippen LogP contribution >= 0.6 is 0 Å². The van der Waals surface area contributed by atoms with Crippen LogP contribution in [0.1, 0.15) is 0 Å². The van der Waals surface area contributed by atoms with Gasteiger partial charge in [0.25, 0.3) is 0 Å². The molecule has 0 bridgehead atoms. The Hall–Kier alpha value is -1.72. The van der Waals surface area contributed by atoms with Gasteiger partial charge in [0.05, 0.1) is 12.4 Å². The maximum atomic E-state index is 11.9. The van der Waals surface area contributed by atoms with Gasteiger partial charge in [-0.25, -0.2) is 0 Å². The van der Waals surface area contributed by atoms with Crippen LogP contribution in [0.2, 0.25) is 0 Å². The van der Waals surface area contributed by atoms with Crippen LogP contribution in [0.15, 0.2) is 18.1 Å². The van der Waals surface area contributed by atoms with Crippen LogP contribution in [-0.2, 0) is 0 Å². The summed E-state index contributed by atoms with van der Waals surface area (Å²) in [6.45, 7) is 0. The van der Waals surface area contributed by atoms with E-state index in [9.17, 15) is 52.7 Å². The summed E-state index contributed by atoms with van der Waals surface area (Å²) in [6, 6.07) is 0. The van der Waals surface area contributed by atoms with Gasteiger partial charge in [0.1, 0.15) is 0 Å². The maximum absolute atomic E-state index is 11.9. The largest absolute Gasteiger partial charge is 0.491 e. The maximum Gasteiger partial charge on any atom is 0.491 e. The summed E-state index contributed by atoms with van der Waals surface area (Å²) >= 11 is 0. The van der Waals surface area contributed by atoms with Crippen molar-refractivity contribution in [3.8, 4) is 0 Å². The molecular formula is C7H2F12N2. The predicted molar refractivity (Wildman–Crippen MR) is 40.6 cm³/mol. The highest BCUT2D eigenvalue weighted by atomic mass is 19.4. The predicted octanol–water partition coefficient (Wildman–Crippen LogP) is 4.30. The molecule has 0 amide bonds. The van der Waals surface area contributed by atoms with E-state index in [0.717, 1.165) is 0 Å². The second-order valence-electron chi connectivity index (χ2n) is 3.04. The summed E-state index contributed by atoms with van der Waals surface area (Å²) in [7, 11) is 0. The fraction of sp³-hybridized carbons (Fsp3) is 0.571. The third kappa shape index (κ3) is 6.06. The highest BCUT2D eigenvalue weighted by molar-refractivity contribution is 4.89. The van der Waals surface area contributed by atoms with Crippen molar-refractivity contribution in [2.75, 3.05) is 0 Å². The van der Waals surface area contributed by atoms with E-state index in [1.54, 1.807) is 0 Å². The zero-order valence-electron chi connectivity index (χ0n) is 9.08. The first-order valence-electron chi connectivity index (χ1n) is 4.26. The van der Waals surface area contributed by atoms with Crippen molar-refractivity contribution in [2.24, 2.45) is 0 Å². The Balaban J connectivity index is 5.57. The van der Waals surface area contributed by atoms with Gasteiger partial charge in [0.15, 0.2) is 0 Å². The van der Waals surface area contributed by atoms with Crippen molar-refractivity contribution in [1.29, 1.82) is 0 Å². The minimum atomic E-state index is -6.11. The molecule has 0 spiro atoms. The fourth-order valence-corrected chi connectivity index (χ4v) is 0.763. The standard InChI is InChI=1S/C7H2F12N2/c8-4(9,10)20(5(11,12)13)2-1-3-21(6(14,15)16)7(17,18)19/h2-3H. The molecule has 0 aromatic rings. The Kier molecular flexibility index (Phi) is 5.12. The van der Waals surface area contributed by atoms with E-state index in [1.165, 1.54) is 0 Å². The smallest absolute Gasteiger partial charge is 0.193 e. The Morgan fingerprint density at radius 2 is 0.667 bits per heavy atom. The van der Waals surface area contributed by atoms with Gasteiger partial charge in [0.2, 0.25) is 0 Å². The van der Waals surface area contributed by atoms with E-state index in [1.807, 2.05) is 0 Å². The van der Waals surface area contributed by atoms with Gasteiger partial charge in [-0.2, -0.15) is 9.80 Å². The SMILES string of the molecule is FC(F)(F)N(C=C=CN(C(F)(F)F)C(F)(F)F)C(F)(F)F. The second kappa shape index (κ2) is 5.58. The van der Waals surface area contributed by atoms with Gasteiger partial charge in [-0.15, -0.1) is 52.7 Å². The van der Waals surface area contributed by atoms with Crippen molar-refractivity contribution in [2.45, 2.75) is 25.2 Å². The van der Waals surface area contributed by atoms with E-state index < -0.39 is 47.4 Å². The van der Waals surface area contributed by atoms with Gasteiger partial charge in [-0.1, -0.05) is 5.73 Å². The molecule has 21 heavy (non-hydrogen) atoms. The zero-order valence-corrected chi connectivity index (χ0v) is 9.08. The molecule has 0 aliphatic rings. The van der Waals surface area contributed by atoms with Crippen molar-refractivity contribution >= 4 is 0 Å². The molecule has 2 nitrogen and oxygen atoms in total. The lowest BCUT2D eigenvalue weighted by molar-refractivity contribution is -0.354. The van der Waals surface area contributed by atoms with Crippen molar-refractivity contribution in [3.63, 3.8) is 0 Å². The average molecular weight is 342 g/mol. The van der Waals surface area contributed by atoms with Crippen LogP contribution in [0.3, 0.4) is 0 Å². The number of rotatable bonds is 2. The van der Waals surface area contributed by atoms with E-state index >= 15 is 0 Å². The molecule has 0 saturated carbocycles. The topological polar surface area (TPSA) is 6.48 Å². The quantitative estimate of drug-likeness (QED) is 0.420. The number of halogens is 12. The molecule has 0 fully saturated rings. The highest BCUT2D eigenvalue weighted by Crippen LogP contribution is 2.35. The number of alkyl halides is 12. The molecule has 0 aliphatic carbocycles. The Morgan fingerprint density at radius 1 is 0.476 bits per heavy atom. The molecule has 0 radical (unpaired) electrons. The fourth-order valence-electron chi connectivity index (χ4n) is 0.763. The van der Waals surface area contributed by atoms with Gasteiger partial charge in [0, 0.05) is 0 Å². The summed E-state index contributed by atoms with van der Waals surface area (Å²) in [5.41, 5.74) is 0.534. The lowest BCUT2D eigenvalue weighted by Crippen LogP contribution is -2.44. The molecule has 0 rings (SSSR count). The second-order valence-corrected chi connectivity index (χ2v) is 3.04. The van der Waals surface area contributed by atoms with Crippen molar-refractivity contribution in [3.05, 3.63) is 18.1 Å². The first-order chi connectivity index (χ1) is 8.97. The molecule has 14 heteroatoms. The van der Waals surface area contributed by atoms with E-state index in [-0.39, 0.29) is 0 Å². The van der Waals surface area contributed by atoms with Crippen LogP contribution in [0.4, 0.5) is 52.7 Å². The molecule has 0 aromatic heterocycles. The monoisotopic (exact) mass is 342 g/mol. The number of hydrogen-bond acceptors (Lipinski definition) is 2. The zero-order chi connectivity index (χ0) is 17.3. The molecule has 124 valence electrons. The summed E-state index contributed by atoms with van der Waals surface area (Å²) in [5, 5.41) is 0. The lowest BCUT2D eigenvalue weighted by atomic mass is 10.6. The van der Waals surface area contributed by atoms with Gasteiger partial charge >= 0.3 is 25.2 Å². The van der Waals surface area contributed by atoms with E-state index in [2.05, 4.69) is 0 Å². The third-order valence-corrected chi connectivity index (χ3v) is 1.50. The Morgan fingerprint density at radius 3 is 0.810 bits per heavy atom. The molecule has 0 atom stereocenters. The van der Waals surface area contributed by atoms with E-state index in [4.69, 9.17) is 0 Å².